The first kappa shape index (κ1) is 25.6. The molecular formula is C31H34ClNO4. The first-order valence-electron chi connectivity index (χ1n) is 13.1. The lowest BCUT2D eigenvalue weighted by Gasteiger charge is -2.16. The summed E-state index contributed by atoms with van der Waals surface area (Å²) >= 11 is 6.45. The van der Waals surface area contributed by atoms with Crippen LogP contribution in [-0.2, 0) is 0 Å². The molecule has 0 saturated heterocycles. The lowest BCUT2D eigenvalue weighted by molar-refractivity contribution is 0.0932. The SMILES string of the molecule is CCCCOc1cc2c(c3ccccc13)[C@H](CCl)CC2C(=O)c1cc2cc(OCCN(C)C)ccc2o1. The standard InChI is InChI=1S/C31H34ClNO4/c1-4-5-13-36-28-18-25-26(16-21(19-32)30(25)24-9-7-6-8-23(24)28)31(34)29-17-20-15-22(10-11-27(20)37-29)35-14-12-33(2)3/h6-11,15,17-18,21,26H,4-5,12-14,16,19H2,1-3H3/t21-,26?/m0/s1. The van der Waals surface area contributed by atoms with Crippen LogP contribution in [0.2, 0.25) is 0 Å². The predicted octanol–water partition coefficient (Wildman–Crippen LogP) is 7.40. The molecule has 37 heavy (non-hydrogen) atoms. The van der Waals surface area contributed by atoms with Gasteiger partial charge in [0.1, 0.15) is 23.7 Å². The van der Waals surface area contributed by atoms with Gasteiger partial charge in [0.15, 0.2) is 5.76 Å². The van der Waals surface area contributed by atoms with E-state index < -0.39 is 0 Å². The third-order valence-electron chi connectivity index (χ3n) is 7.18. The Morgan fingerprint density at radius 2 is 1.86 bits per heavy atom. The predicted molar refractivity (Wildman–Crippen MR) is 150 cm³/mol. The van der Waals surface area contributed by atoms with Crippen LogP contribution in [0.3, 0.4) is 0 Å². The van der Waals surface area contributed by atoms with Gasteiger partial charge in [-0.1, -0.05) is 37.6 Å². The number of ketones is 1. The lowest BCUT2D eigenvalue weighted by Crippen LogP contribution is -2.19. The van der Waals surface area contributed by atoms with Gasteiger partial charge in [0.25, 0.3) is 0 Å². The Morgan fingerprint density at radius 3 is 2.62 bits per heavy atom. The minimum Gasteiger partial charge on any atom is -0.493 e. The third-order valence-corrected chi connectivity index (χ3v) is 7.55. The Balaban J connectivity index is 1.48. The second-order valence-electron chi connectivity index (χ2n) is 10.1. The molecule has 0 N–H and O–H groups in total. The Bertz CT molecular complexity index is 1410. The molecule has 1 unspecified atom stereocenters. The van der Waals surface area contributed by atoms with Gasteiger partial charge in [-0.05, 0) is 79.7 Å². The van der Waals surface area contributed by atoms with Gasteiger partial charge >= 0.3 is 0 Å². The summed E-state index contributed by atoms with van der Waals surface area (Å²) in [6.07, 6.45) is 2.71. The lowest BCUT2D eigenvalue weighted by atomic mass is 9.92. The van der Waals surface area contributed by atoms with Gasteiger partial charge in [0.2, 0.25) is 5.78 Å². The van der Waals surface area contributed by atoms with E-state index in [0.29, 0.717) is 36.9 Å². The molecule has 0 radical (unpaired) electrons. The zero-order valence-corrected chi connectivity index (χ0v) is 22.5. The van der Waals surface area contributed by atoms with Crippen molar-refractivity contribution in [3.8, 4) is 11.5 Å². The van der Waals surface area contributed by atoms with Gasteiger partial charge in [-0.2, -0.15) is 0 Å². The Kier molecular flexibility index (Phi) is 7.73. The highest BCUT2D eigenvalue weighted by atomic mass is 35.5. The number of fused-ring (bicyclic) bond motifs is 4. The van der Waals surface area contributed by atoms with Crippen LogP contribution in [0.25, 0.3) is 21.7 Å². The van der Waals surface area contributed by atoms with Crippen molar-refractivity contribution in [2.45, 2.75) is 38.0 Å². The van der Waals surface area contributed by atoms with Crippen molar-refractivity contribution in [1.29, 1.82) is 0 Å². The minimum atomic E-state index is -0.326. The van der Waals surface area contributed by atoms with Crippen LogP contribution in [0.1, 0.15) is 59.7 Å². The zero-order valence-electron chi connectivity index (χ0n) is 21.8. The molecule has 0 fully saturated rings. The molecule has 0 spiro atoms. The van der Waals surface area contributed by atoms with Crippen molar-refractivity contribution in [3.05, 3.63) is 71.5 Å². The molecule has 6 heteroatoms. The monoisotopic (exact) mass is 519 g/mol. The van der Waals surface area contributed by atoms with Gasteiger partial charge < -0.3 is 18.8 Å². The number of carbonyl (C=O) groups excluding carboxylic acids is 1. The second-order valence-corrected chi connectivity index (χ2v) is 10.4. The van der Waals surface area contributed by atoms with Gasteiger partial charge in [-0.3, -0.25) is 4.79 Å². The van der Waals surface area contributed by atoms with Crippen molar-refractivity contribution in [2.75, 3.05) is 39.7 Å². The van der Waals surface area contributed by atoms with Crippen molar-refractivity contribution < 1.29 is 18.7 Å². The van der Waals surface area contributed by atoms with E-state index in [2.05, 4.69) is 30.0 Å². The van der Waals surface area contributed by atoms with Crippen molar-refractivity contribution in [3.63, 3.8) is 0 Å². The molecule has 1 aliphatic rings. The van der Waals surface area contributed by atoms with Crippen LogP contribution in [-0.4, -0.2) is 50.4 Å². The first-order valence-corrected chi connectivity index (χ1v) is 13.6. The van der Waals surface area contributed by atoms with E-state index in [1.807, 2.05) is 50.5 Å². The number of ether oxygens (including phenoxy) is 2. The van der Waals surface area contributed by atoms with E-state index in [1.165, 1.54) is 5.56 Å². The van der Waals surface area contributed by atoms with Gasteiger partial charge in [0.05, 0.1) is 12.5 Å². The number of hydrogen-bond acceptors (Lipinski definition) is 5. The average Bonchev–Trinajstić information content (AvgIpc) is 3.49. The summed E-state index contributed by atoms with van der Waals surface area (Å²) in [5.41, 5.74) is 2.85. The van der Waals surface area contributed by atoms with Crippen LogP contribution >= 0.6 is 11.6 Å². The maximum Gasteiger partial charge on any atom is 0.205 e. The van der Waals surface area contributed by atoms with Gasteiger partial charge in [-0.15, -0.1) is 11.6 Å². The maximum absolute atomic E-state index is 13.9. The number of carbonyl (C=O) groups is 1. The van der Waals surface area contributed by atoms with E-state index in [1.54, 1.807) is 0 Å². The van der Waals surface area contributed by atoms with E-state index in [0.717, 1.165) is 52.6 Å². The first-order chi connectivity index (χ1) is 18.0. The van der Waals surface area contributed by atoms with Crippen molar-refractivity contribution >= 4 is 39.1 Å². The Morgan fingerprint density at radius 1 is 1.05 bits per heavy atom. The fourth-order valence-electron chi connectivity index (χ4n) is 5.24. The fraction of sp³-hybridized carbons (Fsp3) is 0.387. The summed E-state index contributed by atoms with van der Waals surface area (Å²) in [5.74, 6) is 2.19. The number of likely N-dealkylation sites (N-methyl/N-ethyl adjacent to an activating group) is 1. The number of halogens is 1. The van der Waals surface area contributed by atoms with Crippen molar-refractivity contribution in [2.24, 2.45) is 0 Å². The molecule has 194 valence electrons. The largest absolute Gasteiger partial charge is 0.493 e. The summed E-state index contributed by atoms with van der Waals surface area (Å²) in [6, 6.07) is 17.9. The summed E-state index contributed by atoms with van der Waals surface area (Å²) in [7, 11) is 4.03. The summed E-state index contributed by atoms with van der Waals surface area (Å²) in [4.78, 5) is 15.9. The average molecular weight is 520 g/mol. The summed E-state index contributed by atoms with van der Waals surface area (Å²) < 4.78 is 18.1. The molecule has 2 atom stereocenters. The molecular weight excluding hydrogens is 486 g/mol. The Labute approximate surface area is 223 Å². The number of unbranched alkanes of at least 4 members (excludes halogenated alkanes) is 1. The molecule has 0 aliphatic heterocycles. The van der Waals surface area contributed by atoms with Crippen LogP contribution < -0.4 is 9.47 Å². The topological polar surface area (TPSA) is 51.9 Å². The molecule has 0 bridgehead atoms. The normalized spacial score (nSPS) is 17.0. The van der Waals surface area contributed by atoms with E-state index in [4.69, 9.17) is 25.5 Å². The van der Waals surface area contributed by atoms with Crippen LogP contribution in [0, 0.1) is 0 Å². The van der Waals surface area contributed by atoms with Crippen LogP contribution in [0.15, 0.2) is 59.0 Å². The molecule has 0 amide bonds. The fourth-order valence-corrected chi connectivity index (χ4v) is 5.52. The number of alkyl halides is 1. The third kappa shape index (κ3) is 5.21. The zero-order chi connectivity index (χ0) is 25.9. The van der Waals surface area contributed by atoms with Crippen LogP contribution in [0.5, 0.6) is 11.5 Å². The van der Waals surface area contributed by atoms with Gasteiger partial charge in [-0.25, -0.2) is 0 Å². The van der Waals surface area contributed by atoms with E-state index in [9.17, 15) is 4.79 Å². The molecule has 3 aromatic carbocycles. The van der Waals surface area contributed by atoms with Crippen molar-refractivity contribution in [1.82, 2.24) is 4.90 Å². The number of benzene rings is 3. The number of furan rings is 1. The van der Waals surface area contributed by atoms with Gasteiger partial charge in [0, 0.05) is 23.2 Å². The highest BCUT2D eigenvalue weighted by Gasteiger charge is 2.38. The molecule has 5 rings (SSSR count). The summed E-state index contributed by atoms with van der Waals surface area (Å²) in [6.45, 7) is 4.22. The number of hydrogen-bond donors (Lipinski definition) is 0. The molecule has 4 aromatic rings. The smallest absolute Gasteiger partial charge is 0.205 e. The van der Waals surface area contributed by atoms with E-state index >= 15 is 0 Å². The number of Topliss-reactive ketones (excluding diaryl/α,β-unsaturated/α-hetero) is 1. The van der Waals surface area contributed by atoms with Crippen LogP contribution in [0.4, 0.5) is 0 Å². The highest BCUT2D eigenvalue weighted by Crippen LogP contribution is 2.49. The molecule has 5 nitrogen and oxygen atoms in total. The molecule has 1 aromatic heterocycles. The highest BCUT2D eigenvalue weighted by molar-refractivity contribution is 6.18. The maximum atomic E-state index is 13.9. The molecule has 0 saturated carbocycles. The molecule has 1 heterocycles. The summed E-state index contributed by atoms with van der Waals surface area (Å²) in [5, 5.41) is 3.06. The number of rotatable bonds is 11. The Hall–Kier alpha value is -3.02. The van der Waals surface area contributed by atoms with E-state index in [-0.39, 0.29) is 17.6 Å². The second kappa shape index (κ2) is 11.2. The number of nitrogens with zero attached hydrogens (tertiary/aromatic N) is 1. The molecule has 1 aliphatic carbocycles. The minimum absolute atomic E-state index is 0.0186. The quantitative estimate of drug-likeness (QED) is 0.117.